The molecule has 0 aromatic heterocycles. The zero-order valence-electron chi connectivity index (χ0n) is 32.9. The third-order valence-electron chi connectivity index (χ3n) is 6.03. The zero-order valence-corrected chi connectivity index (χ0v) is 36.9. The summed E-state index contributed by atoms with van der Waals surface area (Å²) in [6.45, 7) is 16.2. The Morgan fingerprint density at radius 3 is 1.26 bits per heavy atom. The quantitative estimate of drug-likeness (QED) is 0.0346. The summed E-state index contributed by atoms with van der Waals surface area (Å²) in [6.07, 6.45) is 4.95. The third kappa shape index (κ3) is 25.8. The molecule has 16 nitrogen and oxygen atoms in total. The van der Waals surface area contributed by atoms with Crippen LogP contribution in [0.15, 0.2) is 145 Å². The van der Waals surface area contributed by atoms with E-state index in [4.69, 9.17) is 34.3 Å². The van der Waals surface area contributed by atoms with Crippen LogP contribution in [-0.2, 0) is 9.47 Å². The number of hydrogen-bond donors (Lipinski definition) is 1. The Morgan fingerprint density at radius 2 is 0.948 bits per heavy atom. The number of amides is 1. The van der Waals surface area contributed by atoms with E-state index in [1.807, 2.05) is 0 Å². The van der Waals surface area contributed by atoms with E-state index >= 15 is 0 Å². The predicted molar refractivity (Wildman–Crippen MR) is 209 cm³/mol. The Bertz CT molecular complexity index is 1820. The van der Waals surface area contributed by atoms with Crippen molar-refractivity contribution in [3.05, 3.63) is 167 Å². The first kappa shape index (κ1) is 59.4. The van der Waals surface area contributed by atoms with Crippen LogP contribution in [0.2, 0.25) is 0 Å². The summed E-state index contributed by atoms with van der Waals surface area (Å²) < 4.78 is 25.3. The number of carbonyl (C=O) groups excluding carboxylic acids is 3. The van der Waals surface area contributed by atoms with Crippen molar-refractivity contribution in [2.24, 2.45) is 10.3 Å². The average molecular weight is 819 g/mol. The molecule has 4 aromatic carbocycles. The molecule has 0 aliphatic heterocycles. The van der Waals surface area contributed by atoms with Crippen molar-refractivity contribution in [1.82, 2.24) is 0 Å². The van der Waals surface area contributed by atoms with Crippen molar-refractivity contribution in [3.63, 3.8) is 0 Å². The molecular weight excluding hydrogens is 774 g/mol. The number of ether oxygens (including phenoxy) is 5. The molecule has 3 N–H and O–H groups in total. The molecule has 4 rings (SSSR count). The maximum absolute atomic E-state index is 11.3. The van der Waals surface area contributed by atoms with Gasteiger partial charge in [-0.3, -0.25) is 4.79 Å². The number of nitrogens with zero attached hydrogens (tertiary/aromatic N) is 4. The molecule has 0 fully saturated rings. The molecule has 298 valence electrons. The first-order valence-electron chi connectivity index (χ1n) is 16.2. The number of rotatable bonds is 15. The van der Waals surface area contributed by atoms with Crippen molar-refractivity contribution < 1.29 is 113 Å². The number of nitroso groups, excluding NO2 is 1. The molecule has 0 heterocycles. The van der Waals surface area contributed by atoms with Gasteiger partial charge in [-0.15, -0.1) is 4.91 Å². The molecule has 0 saturated carbocycles. The van der Waals surface area contributed by atoms with Crippen LogP contribution < -0.4 is 73.3 Å². The summed E-state index contributed by atoms with van der Waals surface area (Å²) in [5.41, 5.74) is 9.79. The zero-order chi connectivity index (χ0) is 40.0. The van der Waals surface area contributed by atoms with Gasteiger partial charge in [0.2, 0.25) is 5.91 Å². The molecule has 0 aliphatic carbocycles. The summed E-state index contributed by atoms with van der Waals surface area (Å²) in [5.74, 6) is 0.915. The van der Waals surface area contributed by atoms with Crippen LogP contribution in [0, 0.1) is 4.91 Å². The van der Waals surface area contributed by atoms with Gasteiger partial charge < -0.3 is 39.7 Å². The standard InChI is InChI=1S/C12H14O3.C10H9N3O2.C9H9NO2.C9H10O3.2Na.2H2O/c1-3-9-15-11-7-5-10(6-8-11)12(13)14-4-2;1-2-7-15-9-5-3-8(4-6-9)10(14)12-13-11;1-2-7-12-9-5-3-8(10-11)4-6-9;1-2-12-9(11)7-3-5-8(10)6-4-7;;;;/h3,5-8H,1,4,9H2,2H3;2-6H,1,7H2;2-6H,1,7H2;3-6,10H,2H2,1H3;;;2*1H2/q;;;;2*+1;;/p-2. The van der Waals surface area contributed by atoms with Gasteiger partial charge in [0.05, 0.1) is 24.3 Å². The van der Waals surface area contributed by atoms with Gasteiger partial charge in [-0.1, -0.05) is 38.0 Å². The van der Waals surface area contributed by atoms with E-state index in [9.17, 15) is 19.3 Å². The predicted octanol–water partition coefficient (Wildman–Crippen LogP) is 3.00. The third-order valence-corrected chi connectivity index (χ3v) is 6.03. The molecular formula is C40H44N4Na2O12. The number of hydrogen-bond acceptors (Lipinski definition) is 13. The first-order valence-corrected chi connectivity index (χ1v) is 16.2. The van der Waals surface area contributed by atoms with Crippen LogP contribution in [0.5, 0.6) is 23.0 Å². The van der Waals surface area contributed by atoms with Crippen molar-refractivity contribution in [1.29, 1.82) is 0 Å². The van der Waals surface area contributed by atoms with Gasteiger partial charge in [0.15, 0.2) is 0 Å². The second-order valence-corrected chi connectivity index (χ2v) is 9.92. The minimum atomic E-state index is -0.604. The van der Waals surface area contributed by atoms with Crippen LogP contribution >= 0.6 is 0 Å². The fourth-order valence-corrected chi connectivity index (χ4v) is 3.57. The van der Waals surface area contributed by atoms with Gasteiger partial charge in [0.25, 0.3) is 0 Å². The molecule has 0 bridgehead atoms. The number of phenolic OH excluding ortho intramolecular Hbond substituents is 1. The number of azide groups is 1. The minimum Gasteiger partial charge on any atom is -0.870 e. The van der Waals surface area contributed by atoms with Gasteiger partial charge >= 0.3 is 71.1 Å². The van der Waals surface area contributed by atoms with Crippen molar-refractivity contribution in [3.8, 4) is 23.0 Å². The molecule has 18 heteroatoms. The van der Waals surface area contributed by atoms with E-state index in [1.165, 1.54) is 36.4 Å². The largest absolute Gasteiger partial charge is 1.00 e. The Balaban J connectivity index is -0.000000329. The van der Waals surface area contributed by atoms with Gasteiger partial charge in [-0.25, -0.2) is 9.59 Å². The van der Waals surface area contributed by atoms with Crippen molar-refractivity contribution in [2.75, 3.05) is 33.0 Å². The van der Waals surface area contributed by atoms with Crippen LogP contribution in [0.3, 0.4) is 0 Å². The van der Waals surface area contributed by atoms with E-state index < -0.39 is 5.91 Å². The second-order valence-electron chi connectivity index (χ2n) is 9.92. The van der Waals surface area contributed by atoms with E-state index in [-0.39, 0.29) is 87.8 Å². The number of aromatic hydroxyl groups is 1. The summed E-state index contributed by atoms with van der Waals surface area (Å²) in [6, 6.07) is 25.7. The SMILES string of the molecule is C=CCOc1ccc(C(=O)N=[N+]=[N-])cc1.C=CCOc1ccc(C(=O)OCC)cc1.C=CCOc1ccc(N=O)cc1.CCOC(=O)c1ccc(O)cc1.[Na+].[Na+].[OH-].[OH-]. The summed E-state index contributed by atoms with van der Waals surface area (Å²) in [4.78, 5) is 45.9. The monoisotopic (exact) mass is 818 g/mol. The van der Waals surface area contributed by atoms with Crippen LogP contribution in [-0.4, -0.2) is 66.9 Å². The normalized spacial score (nSPS) is 8.52. The van der Waals surface area contributed by atoms with Crippen LogP contribution in [0.4, 0.5) is 5.69 Å². The fraction of sp³-hybridized carbons (Fsp3) is 0.175. The van der Waals surface area contributed by atoms with Gasteiger partial charge in [-0.05, 0) is 127 Å². The first-order chi connectivity index (χ1) is 26.1. The maximum Gasteiger partial charge on any atom is 1.00 e. The molecule has 1 amide bonds. The molecule has 4 aromatic rings. The van der Waals surface area contributed by atoms with E-state index in [1.54, 1.807) is 92.7 Å². The molecule has 0 saturated heterocycles. The Kier molecular flexibility index (Phi) is 38.2. The topological polar surface area (TPSA) is 256 Å². The molecule has 58 heavy (non-hydrogen) atoms. The molecule has 0 radical (unpaired) electrons. The molecule has 0 unspecified atom stereocenters. The Hall–Kier alpha value is -5.26. The van der Waals surface area contributed by atoms with Gasteiger partial charge in [0, 0.05) is 10.5 Å². The second kappa shape index (κ2) is 37.3. The van der Waals surface area contributed by atoms with Crippen molar-refractivity contribution in [2.45, 2.75) is 13.8 Å². The summed E-state index contributed by atoms with van der Waals surface area (Å²) in [5, 5.41) is 14.7. The van der Waals surface area contributed by atoms with E-state index in [0.29, 0.717) is 72.7 Å². The summed E-state index contributed by atoms with van der Waals surface area (Å²) in [7, 11) is 0. The smallest absolute Gasteiger partial charge is 0.870 e. The van der Waals surface area contributed by atoms with Crippen molar-refractivity contribution >= 4 is 23.5 Å². The number of benzene rings is 4. The number of carbonyl (C=O) groups is 3. The van der Waals surface area contributed by atoms with Gasteiger partial charge in [-0.2, -0.15) is 0 Å². The molecule has 0 spiro atoms. The number of phenols is 1. The molecule has 0 atom stereocenters. The fourth-order valence-electron chi connectivity index (χ4n) is 3.57. The average Bonchev–Trinajstić information content (AvgIpc) is 3.20. The summed E-state index contributed by atoms with van der Waals surface area (Å²) >= 11 is 0. The Labute approximate surface area is 381 Å². The van der Waals surface area contributed by atoms with E-state index in [0.717, 1.165) is 0 Å². The van der Waals surface area contributed by atoms with Gasteiger partial charge in [0.1, 0.15) is 48.5 Å². The minimum absolute atomic E-state index is 0. The van der Waals surface area contributed by atoms with Crippen LogP contribution in [0.25, 0.3) is 10.4 Å². The Morgan fingerprint density at radius 1 is 0.621 bits per heavy atom. The molecule has 0 aliphatic rings. The van der Waals surface area contributed by atoms with E-state index in [2.05, 4.69) is 34.9 Å². The van der Waals surface area contributed by atoms with Crippen LogP contribution in [0.1, 0.15) is 44.9 Å². The maximum atomic E-state index is 11.3. The number of esters is 2.